The molecule has 2 unspecified atom stereocenters. The number of fused-ring (bicyclic) bond motifs is 1. The van der Waals surface area contributed by atoms with Crippen LogP contribution in [0.15, 0.2) is 40.8 Å². The van der Waals surface area contributed by atoms with E-state index in [9.17, 15) is 0 Å². The molecule has 2 aromatic rings. The van der Waals surface area contributed by atoms with Crippen LogP contribution in [0.3, 0.4) is 0 Å². The van der Waals surface area contributed by atoms with Crippen molar-refractivity contribution >= 4 is 17.3 Å². The highest BCUT2D eigenvalue weighted by atomic mass is 32.1. The van der Waals surface area contributed by atoms with Crippen LogP contribution in [0.1, 0.15) is 35.4 Å². The lowest BCUT2D eigenvalue weighted by molar-refractivity contribution is 0.0372. The molecular formula is C22H31N5S. The van der Waals surface area contributed by atoms with Crippen LogP contribution in [0.25, 0.3) is 0 Å². The number of rotatable bonds is 4. The molecule has 2 aliphatic heterocycles. The lowest BCUT2D eigenvalue weighted by Gasteiger charge is -2.48. The van der Waals surface area contributed by atoms with Crippen molar-refractivity contribution in [3.05, 3.63) is 52.0 Å². The molecule has 0 radical (unpaired) electrons. The second-order valence-electron chi connectivity index (χ2n) is 7.92. The maximum absolute atomic E-state index is 4.57. The van der Waals surface area contributed by atoms with Crippen molar-refractivity contribution in [2.75, 3.05) is 26.7 Å². The maximum Gasteiger partial charge on any atom is 0.193 e. The molecule has 2 atom stereocenters. The van der Waals surface area contributed by atoms with Crippen molar-refractivity contribution in [2.45, 2.75) is 45.3 Å². The number of likely N-dealkylation sites (tertiary alicyclic amines) is 2. The van der Waals surface area contributed by atoms with Gasteiger partial charge in [-0.1, -0.05) is 30.3 Å². The van der Waals surface area contributed by atoms with Crippen LogP contribution < -0.4 is 5.32 Å². The van der Waals surface area contributed by atoms with Gasteiger partial charge in [0.25, 0.3) is 0 Å². The molecule has 6 heteroatoms. The lowest BCUT2D eigenvalue weighted by Crippen LogP contribution is -2.56. The first kappa shape index (κ1) is 19.4. The van der Waals surface area contributed by atoms with E-state index < -0.39 is 0 Å². The van der Waals surface area contributed by atoms with Gasteiger partial charge in [0.1, 0.15) is 0 Å². The number of thiazole rings is 1. The number of hydrogen-bond acceptors (Lipinski definition) is 4. The molecule has 0 bridgehead atoms. The molecule has 1 N–H and O–H groups in total. The lowest BCUT2D eigenvalue weighted by atomic mass is 9.83. The quantitative estimate of drug-likeness (QED) is 0.633. The topological polar surface area (TPSA) is 43.8 Å². The summed E-state index contributed by atoms with van der Waals surface area (Å²) in [4.78, 5) is 15.4. The second-order valence-corrected chi connectivity index (χ2v) is 8.86. The number of aromatic nitrogens is 1. The number of aryl methyl sites for hydroxylation is 1. The smallest absolute Gasteiger partial charge is 0.193 e. The maximum atomic E-state index is 4.57. The molecule has 0 saturated carbocycles. The number of guanidine groups is 1. The van der Waals surface area contributed by atoms with Crippen molar-refractivity contribution in [2.24, 2.45) is 10.9 Å². The standard InChI is InChI=1S/C22H31N5S/c1-17-21(28-16-25-17)13-24-22(23-2)27-12-10-20-19(15-27)9-6-11-26(20)14-18-7-4-3-5-8-18/h3-5,7-8,16,19-20H,6,9-15H2,1-2H3,(H,23,24). The van der Waals surface area contributed by atoms with Gasteiger partial charge in [0.15, 0.2) is 5.96 Å². The minimum atomic E-state index is 0.701. The highest BCUT2D eigenvalue weighted by Crippen LogP contribution is 2.31. The van der Waals surface area contributed by atoms with E-state index in [2.05, 4.69) is 62.3 Å². The predicted octanol–water partition coefficient (Wildman–Crippen LogP) is 3.51. The first-order valence-electron chi connectivity index (χ1n) is 10.4. The molecule has 5 nitrogen and oxygen atoms in total. The molecule has 2 fully saturated rings. The summed E-state index contributed by atoms with van der Waals surface area (Å²) in [6.45, 7) is 7.39. The van der Waals surface area contributed by atoms with Gasteiger partial charge in [-0.2, -0.15) is 0 Å². The van der Waals surface area contributed by atoms with E-state index >= 15 is 0 Å². The van der Waals surface area contributed by atoms with Crippen LogP contribution in [0, 0.1) is 12.8 Å². The van der Waals surface area contributed by atoms with Gasteiger partial charge < -0.3 is 10.2 Å². The van der Waals surface area contributed by atoms with E-state index in [-0.39, 0.29) is 0 Å². The largest absolute Gasteiger partial charge is 0.351 e. The summed E-state index contributed by atoms with van der Waals surface area (Å²) in [7, 11) is 1.90. The molecule has 150 valence electrons. The van der Waals surface area contributed by atoms with Crippen molar-refractivity contribution in [1.29, 1.82) is 0 Å². The zero-order valence-corrected chi connectivity index (χ0v) is 17.8. The van der Waals surface area contributed by atoms with Crippen LogP contribution in [0.5, 0.6) is 0 Å². The molecule has 2 aliphatic rings. The number of nitrogens with zero attached hydrogens (tertiary/aromatic N) is 4. The Labute approximate surface area is 172 Å². The Balaban J connectivity index is 1.36. The van der Waals surface area contributed by atoms with E-state index in [0.29, 0.717) is 6.04 Å². The van der Waals surface area contributed by atoms with Gasteiger partial charge in [0.05, 0.1) is 17.7 Å². The Morgan fingerprint density at radius 2 is 2.11 bits per heavy atom. The fourth-order valence-corrected chi connectivity index (χ4v) is 5.42. The predicted molar refractivity (Wildman–Crippen MR) is 117 cm³/mol. The molecule has 1 aromatic carbocycles. The Kier molecular flexibility index (Phi) is 6.27. The summed E-state index contributed by atoms with van der Waals surface area (Å²) < 4.78 is 0. The van der Waals surface area contributed by atoms with Crippen molar-refractivity contribution in [1.82, 2.24) is 20.1 Å². The van der Waals surface area contributed by atoms with Gasteiger partial charge in [0, 0.05) is 37.6 Å². The third kappa shape index (κ3) is 4.39. The molecule has 3 heterocycles. The summed E-state index contributed by atoms with van der Waals surface area (Å²) in [6.07, 6.45) is 3.85. The Morgan fingerprint density at radius 1 is 1.25 bits per heavy atom. The molecule has 1 aromatic heterocycles. The van der Waals surface area contributed by atoms with E-state index in [1.165, 1.54) is 36.2 Å². The van der Waals surface area contributed by atoms with Crippen LogP contribution in [-0.4, -0.2) is 53.5 Å². The molecule has 28 heavy (non-hydrogen) atoms. The van der Waals surface area contributed by atoms with Crippen LogP contribution in [0.2, 0.25) is 0 Å². The molecular weight excluding hydrogens is 366 g/mol. The van der Waals surface area contributed by atoms with Crippen LogP contribution in [0.4, 0.5) is 0 Å². The van der Waals surface area contributed by atoms with E-state index in [1.807, 2.05) is 12.6 Å². The number of piperidine rings is 2. The first-order valence-corrected chi connectivity index (χ1v) is 11.2. The van der Waals surface area contributed by atoms with Gasteiger partial charge in [-0.3, -0.25) is 9.89 Å². The molecule has 0 spiro atoms. The second kappa shape index (κ2) is 9.05. The Morgan fingerprint density at radius 3 is 2.86 bits per heavy atom. The minimum absolute atomic E-state index is 0.701. The summed E-state index contributed by atoms with van der Waals surface area (Å²) in [5, 5.41) is 3.56. The number of hydrogen-bond donors (Lipinski definition) is 1. The average Bonchev–Trinajstić information content (AvgIpc) is 3.14. The molecule has 0 amide bonds. The fraction of sp³-hybridized carbons (Fsp3) is 0.545. The monoisotopic (exact) mass is 397 g/mol. The van der Waals surface area contributed by atoms with E-state index in [1.54, 1.807) is 11.3 Å². The normalized spacial score (nSPS) is 23.5. The van der Waals surface area contributed by atoms with Gasteiger partial charge in [-0.15, -0.1) is 11.3 Å². The number of benzene rings is 1. The Bertz CT molecular complexity index is 787. The third-order valence-electron chi connectivity index (χ3n) is 6.17. The summed E-state index contributed by atoms with van der Waals surface area (Å²) >= 11 is 1.71. The zero-order chi connectivity index (χ0) is 19.3. The average molecular weight is 398 g/mol. The van der Waals surface area contributed by atoms with E-state index in [0.717, 1.165) is 43.8 Å². The highest BCUT2D eigenvalue weighted by molar-refractivity contribution is 7.09. The van der Waals surface area contributed by atoms with Gasteiger partial charge >= 0.3 is 0 Å². The van der Waals surface area contributed by atoms with Gasteiger partial charge in [-0.05, 0) is 44.2 Å². The van der Waals surface area contributed by atoms with Crippen molar-refractivity contribution < 1.29 is 0 Å². The Hall–Kier alpha value is -1.92. The molecule has 2 saturated heterocycles. The highest BCUT2D eigenvalue weighted by Gasteiger charge is 2.36. The zero-order valence-electron chi connectivity index (χ0n) is 17.0. The van der Waals surface area contributed by atoms with Crippen molar-refractivity contribution in [3.63, 3.8) is 0 Å². The van der Waals surface area contributed by atoms with Gasteiger partial charge in [0.2, 0.25) is 0 Å². The summed E-state index contributed by atoms with van der Waals surface area (Å²) in [5.74, 6) is 1.77. The van der Waals surface area contributed by atoms with Gasteiger partial charge in [-0.25, -0.2) is 4.98 Å². The van der Waals surface area contributed by atoms with Crippen molar-refractivity contribution in [3.8, 4) is 0 Å². The number of aliphatic imine (C=N–C) groups is 1. The third-order valence-corrected chi connectivity index (χ3v) is 7.11. The van der Waals surface area contributed by atoms with E-state index in [4.69, 9.17) is 0 Å². The molecule has 4 rings (SSSR count). The minimum Gasteiger partial charge on any atom is -0.351 e. The summed E-state index contributed by atoms with van der Waals surface area (Å²) in [5.41, 5.74) is 4.47. The van der Waals surface area contributed by atoms with Crippen LogP contribution >= 0.6 is 11.3 Å². The fourth-order valence-electron chi connectivity index (χ4n) is 4.70. The first-order chi connectivity index (χ1) is 13.7. The summed E-state index contributed by atoms with van der Waals surface area (Å²) in [6, 6.07) is 11.6. The number of nitrogens with one attached hydrogen (secondary N) is 1. The molecule has 0 aliphatic carbocycles. The SMILES string of the molecule is CN=C(NCc1scnc1C)N1CCC2C(CCCN2Cc2ccccc2)C1. The van der Waals surface area contributed by atoms with Crippen LogP contribution in [-0.2, 0) is 13.1 Å².